The summed E-state index contributed by atoms with van der Waals surface area (Å²) in [4.78, 5) is 70.9. The number of benzene rings is 2. The van der Waals surface area contributed by atoms with Crippen molar-refractivity contribution in [3.05, 3.63) is 84.4 Å². The van der Waals surface area contributed by atoms with Gasteiger partial charge in [0.2, 0.25) is 23.6 Å². The Labute approximate surface area is 326 Å². The monoisotopic (exact) mass is 759 g/mol. The summed E-state index contributed by atoms with van der Waals surface area (Å²) in [5.74, 6) is -1.91. The van der Waals surface area contributed by atoms with Crippen LogP contribution < -0.4 is 21.3 Å². The Bertz CT molecular complexity index is 1560. The first-order valence-corrected chi connectivity index (χ1v) is 19.8. The molecule has 0 saturated carbocycles. The van der Waals surface area contributed by atoms with Crippen molar-refractivity contribution in [3.63, 3.8) is 0 Å². The minimum Gasteiger partial charge on any atom is -0.379 e. The molecule has 2 heterocycles. The van der Waals surface area contributed by atoms with Gasteiger partial charge >= 0.3 is 0 Å². The van der Waals surface area contributed by atoms with Crippen LogP contribution in [0.2, 0.25) is 0 Å². The number of rotatable bonds is 23. The number of aryl methyl sites for hydroxylation is 2. The SMILES string of the molecule is C=C[C@]1(C(=O)[C@H](CC(C)C)NC(=O)[C@H](CCc2ccccc2)NC(=O)[C@H](CC(C)C)NC(=O)[C@H](CCCc2ccccc2)NC(=O)CN2CCOCC2)CO1. The van der Waals surface area contributed by atoms with E-state index in [1.165, 1.54) is 6.08 Å². The van der Waals surface area contributed by atoms with Gasteiger partial charge in [-0.2, -0.15) is 0 Å². The number of hydrogen-bond donors (Lipinski definition) is 4. The molecule has 4 N–H and O–H groups in total. The van der Waals surface area contributed by atoms with Crippen molar-refractivity contribution in [2.75, 3.05) is 39.5 Å². The van der Waals surface area contributed by atoms with E-state index in [4.69, 9.17) is 9.47 Å². The molecule has 2 saturated heterocycles. The highest BCUT2D eigenvalue weighted by Crippen LogP contribution is 2.31. The first-order chi connectivity index (χ1) is 26.4. The van der Waals surface area contributed by atoms with Gasteiger partial charge < -0.3 is 30.7 Å². The molecular formula is C43H61N5O7. The topological polar surface area (TPSA) is 158 Å². The molecule has 0 spiro atoms. The highest BCUT2D eigenvalue weighted by Gasteiger charge is 2.52. The molecule has 0 aliphatic carbocycles. The van der Waals surface area contributed by atoms with Crippen LogP contribution in [-0.2, 0) is 46.3 Å². The molecule has 55 heavy (non-hydrogen) atoms. The number of hydrogen-bond acceptors (Lipinski definition) is 8. The van der Waals surface area contributed by atoms with Crippen LogP contribution in [0.3, 0.4) is 0 Å². The maximum Gasteiger partial charge on any atom is 0.243 e. The van der Waals surface area contributed by atoms with E-state index in [0.717, 1.165) is 17.5 Å². The van der Waals surface area contributed by atoms with Crippen LogP contribution in [0, 0.1) is 11.8 Å². The van der Waals surface area contributed by atoms with Crippen LogP contribution in [0.5, 0.6) is 0 Å². The number of carbonyl (C=O) groups is 5. The molecule has 2 aromatic carbocycles. The lowest BCUT2D eigenvalue weighted by molar-refractivity contribution is -0.135. The second-order valence-corrected chi connectivity index (χ2v) is 15.6. The summed E-state index contributed by atoms with van der Waals surface area (Å²) in [5.41, 5.74) is 0.997. The van der Waals surface area contributed by atoms with Crippen molar-refractivity contribution < 1.29 is 33.4 Å². The molecule has 0 unspecified atom stereocenters. The average Bonchev–Trinajstić information content (AvgIpc) is 3.97. The van der Waals surface area contributed by atoms with Gasteiger partial charge in [0.1, 0.15) is 18.1 Å². The Hall–Kier alpha value is -4.39. The zero-order valence-corrected chi connectivity index (χ0v) is 33.0. The molecule has 4 amide bonds. The molecule has 12 heteroatoms. The van der Waals surface area contributed by atoms with Gasteiger partial charge in [-0.25, -0.2) is 0 Å². The van der Waals surface area contributed by atoms with Gasteiger partial charge in [-0.15, -0.1) is 0 Å². The predicted molar refractivity (Wildman–Crippen MR) is 212 cm³/mol. The maximum atomic E-state index is 14.1. The third-order valence-corrected chi connectivity index (χ3v) is 10.0. The van der Waals surface area contributed by atoms with Crippen molar-refractivity contribution in [1.29, 1.82) is 0 Å². The van der Waals surface area contributed by atoms with Crippen molar-refractivity contribution in [2.45, 2.75) is 102 Å². The number of nitrogens with one attached hydrogen (secondary N) is 4. The number of Topliss-reactive ketones (excluding diaryl/α,β-unsaturated/α-hetero) is 1. The maximum absolute atomic E-state index is 14.1. The quantitative estimate of drug-likeness (QED) is 0.0991. The van der Waals surface area contributed by atoms with E-state index in [1.807, 2.05) is 93.3 Å². The van der Waals surface area contributed by atoms with E-state index in [9.17, 15) is 24.0 Å². The number of nitrogens with zero attached hydrogens (tertiary/aromatic N) is 1. The van der Waals surface area contributed by atoms with E-state index in [-0.39, 0.29) is 43.1 Å². The third kappa shape index (κ3) is 14.3. The summed E-state index contributed by atoms with van der Waals surface area (Å²) in [6.45, 7) is 14.3. The first kappa shape index (κ1) is 43.3. The minimum atomic E-state index is -1.11. The van der Waals surface area contributed by atoms with E-state index in [2.05, 4.69) is 27.8 Å². The largest absolute Gasteiger partial charge is 0.379 e. The number of amides is 4. The normalized spacial score (nSPS) is 19.1. The van der Waals surface area contributed by atoms with Gasteiger partial charge in [-0.05, 0) is 67.9 Å². The molecule has 2 aromatic rings. The Morgan fingerprint density at radius 3 is 1.75 bits per heavy atom. The number of ketones is 1. The third-order valence-electron chi connectivity index (χ3n) is 10.0. The fourth-order valence-corrected chi connectivity index (χ4v) is 6.81. The fraction of sp³-hybridized carbons (Fsp3) is 0.558. The van der Waals surface area contributed by atoms with Crippen LogP contribution in [0.15, 0.2) is 73.3 Å². The number of carbonyl (C=O) groups excluding carboxylic acids is 5. The highest BCUT2D eigenvalue weighted by molar-refractivity contribution is 6.00. The lowest BCUT2D eigenvalue weighted by Crippen LogP contribution is -2.59. The summed E-state index contributed by atoms with van der Waals surface area (Å²) in [6.07, 6.45) is 4.64. The van der Waals surface area contributed by atoms with E-state index in [0.29, 0.717) is 58.4 Å². The fourth-order valence-electron chi connectivity index (χ4n) is 6.81. The van der Waals surface area contributed by atoms with Crippen molar-refractivity contribution in [1.82, 2.24) is 26.2 Å². The van der Waals surface area contributed by atoms with Gasteiger partial charge in [0.25, 0.3) is 0 Å². The molecule has 12 nitrogen and oxygen atoms in total. The van der Waals surface area contributed by atoms with Crippen LogP contribution in [0.1, 0.15) is 70.9 Å². The summed E-state index contributed by atoms with van der Waals surface area (Å²) in [7, 11) is 0. The van der Waals surface area contributed by atoms with Gasteiger partial charge in [0.05, 0.1) is 32.4 Å². The second kappa shape index (κ2) is 21.6. The minimum absolute atomic E-state index is 0.0155. The summed E-state index contributed by atoms with van der Waals surface area (Å²) in [6, 6.07) is 15.9. The van der Waals surface area contributed by atoms with Gasteiger partial charge in [0, 0.05) is 13.1 Å². The van der Waals surface area contributed by atoms with E-state index in [1.54, 1.807) is 0 Å². The molecule has 0 bridgehead atoms. The van der Waals surface area contributed by atoms with Crippen molar-refractivity contribution in [2.24, 2.45) is 11.8 Å². The zero-order valence-electron chi connectivity index (χ0n) is 33.0. The van der Waals surface area contributed by atoms with Gasteiger partial charge in [0.15, 0.2) is 11.4 Å². The van der Waals surface area contributed by atoms with Crippen LogP contribution in [0.4, 0.5) is 0 Å². The Morgan fingerprint density at radius 1 is 0.709 bits per heavy atom. The summed E-state index contributed by atoms with van der Waals surface area (Å²) >= 11 is 0. The van der Waals surface area contributed by atoms with E-state index < -0.39 is 47.5 Å². The summed E-state index contributed by atoms with van der Waals surface area (Å²) in [5, 5.41) is 11.7. The standard InChI is InChI=1S/C43H61N5O7/c1-6-43(29-55-43)39(50)36(26-30(2)3)46-41(52)35(21-20-33-16-11-8-12-17-33)45-42(53)37(27-31(4)5)47-40(51)34(19-13-18-32-14-9-7-10-15-32)44-38(49)28-48-22-24-54-25-23-48/h6-12,14-17,30-31,34-37H,1,13,18-29H2,2-5H3,(H,44,49)(H,45,53)(H,46,52)(H,47,51)/t34-,35-,36-,37-,43+/m0/s1. The molecule has 2 aliphatic heterocycles. The molecule has 2 fully saturated rings. The molecule has 2 aliphatic rings. The van der Waals surface area contributed by atoms with Crippen LogP contribution in [-0.4, -0.2) is 104 Å². The average molecular weight is 760 g/mol. The second-order valence-electron chi connectivity index (χ2n) is 15.6. The molecule has 0 aromatic heterocycles. The van der Waals surface area contributed by atoms with Crippen molar-refractivity contribution in [3.8, 4) is 0 Å². The Kier molecular flexibility index (Phi) is 17.0. The van der Waals surface area contributed by atoms with Gasteiger partial charge in [-0.3, -0.25) is 28.9 Å². The lowest BCUT2D eigenvalue weighted by Gasteiger charge is -2.29. The molecule has 4 rings (SSSR count). The smallest absolute Gasteiger partial charge is 0.243 e. The number of morpholine rings is 1. The molecular weight excluding hydrogens is 699 g/mol. The molecule has 300 valence electrons. The summed E-state index contributed by atoms with van der Waals surface area (Å²) < 4.78 is 10.9. The molecule has 0 radical (unpaired) electrons. The van der Waals surface area contributed by atoms with E-state index >= 15 is 0 Å². The Balaban J connectivity index is 1.50. The number of ether oxygens (including phenoxy) is 2. The van der Waals surface area contributed by atoms with Crippen LogP contribution >= 0.6 is 0 Å². The zero-order chi connectivity index (χ0) is 39.8. The molecule has 5 atom stereocenters. The van der Waals surface area contributed by atoms with Crippen LogP contribution in [0.25, 0.3) is 0 Å². The Morgan fingerprint density at radius 2 is 1.20 bits per heavy atom. The lowest BCUT2D eigenvalue weighted by atomic mass is 9.92. The highest BCUT2D eigenvalue weighted by atomic mass is 16.6. The predicted octanol–water partition coefficient (Wildman–Crippen LogP) is 3.53. The first-order valence-electron chi connectivity index (χ1n) is 19.8. The number of epoxide rings is 1. The van der Waals surface area contributed by atoms with Crippen molar-refractivity contribution >= 4 is 29.4 Å². The van der Waals surface area contributed by atoms with Gasteiger partial charge in [-0.1, -0.05) is 101 Å².